The van der Waals surface area contributed by atoms with Gasteiger partial charge in [0.2, 0.25) is 0 Å². The van der Waals surface area contributed by atoms with Crippen LogP contribution in [0.1, 0.15) is 17.2 Å². The number of rotatable bonds is 5. The Morgan fingerprint density at radius 2 is 1.71 bits per heavy atom. The normalized spacial score (nSPS) is 12.0. The van der Waals surface area contributed by atoms with Crippen molar-refractivity contribution in [1.29, 1.82) is 0 Å². The van der Waals surface area contributed by atoms with Crippen molar-refractivity contribution in [2.75, 3.05) is 21.3 Å². The van der Waals surface area contributed by atoms with E-state index >= 15 is 0 Å². The summed E-state index contributed by atoms with van der Waals surface area (Å²) in [7, 11) is 4.62. The van der Waals surface area contributed by atoms with Gasteiger partial charge in [-0.05, 0) is 37.4 Å². The third-order valence-corrected chi connectivity index (χ3v) is 3.31. The molecule has 112 valence electrons. The fourth-order valence-electron chi connectivity index (χ4n) is 2.36. The molecule has 21 heavy (non-hydrogen) atoms. The molecule has 0 saturated heterocycles. The number of halogens is 2. The third-order valence-electron chi connectivity index (χ3n) is 3.31. The van der Waals surface area contributed by atoms with Crippen LogP contribution < -0.4 is 14.8 Å². The first-order chi connectivity index (χ1) is 10.1. The molecule has 2 aromatic rings. The summed E-state index contributed by atoms with van der Waals surface area (Å²) >= 11 is 0. The fraction of sp³-hybridized carbons (Fsp3) is 0.250. The lowest BCUT2D eigenvalue weighted by Gasteiger charge is -2.22. The Morgan fingerprint density at radius 1 is 1.00 bits per heavy atom. The molecule has 0 fully saturated rings. The van der Waals surface area contributed by atoms with Gasteiger partial charge >= 0.3 is 0 Å². The highest BCUT2D eigenvalue weighted by molar-refractivity contribution is 5.47. The number of methoxy groups -OCH3 is 2. The van der Waals surface area contributed by atoms with Crippen molar-refractivity contribution in [2.45, 2.75) is 6.04 Å². The van der Waals surface area contributed by atoms with Crippen LogP contribution in [0.15, 0.2) is 36.4 Å². The Kier molecular flexibility index (Phi) is 4.75. The first kappa shape index (κ1) is 15.3. The molecule has 2 rings (SSSR count). The van der Waals surface area contributed by atoms with Gasteiger partial charge < -0.3 is 14.8 Å². The minimum absolute atomic E-state index is 0.311. The Morgan fingerprint density at radius 3 is 2.33 bits per heavy atom. The van der Waals surface area contributed by atoms with Crippen LogP contribution in [-0.2, 0) is 0 Å². The van der Waals surface area contributed by atoms with Gasteiger partial charge in [-0.1, -0.05) is 6.07 Å². The Hall–Kier alpha value is -2.14. The zero-order valence-corrected chi connectivity index (χ0v) is 12.1. The lowest BCUT2D eigenvalue weighted by Crippen LogP contribution is -2.20. The highest BCUT2D eigenvalue weighted by Crippen LogP contribution is 2.36. The van der Waals surface area contributed by atoms with Crippen LogP contribution in [0.5, 0.6) is 11.5 Å². The lowest BCUT2D eigenvalue weighted by molar-refractivity contribution is 0.389. The maximum Gasteiger partial charge on any atom is 0.132 e. The van der Waals surface area contributed by atoms with E-state index in [0.717, 1.165) is 0 Å². The number of hydrogen-bond donors (Lipinski definition) is 1. The fourth-order valence-corrected chi connectivity index (χ4v) is 2.36. The molecule has 0 aliphatic carbocycles. The van der Waals surface area contributed by atoms with Gasteiger partial charge in [0.25, 0.3) is 0 Å². The Bertz CT molecular complexity index is 632. The highest BCUT2D eigenvalue weighted by atomic mass is 19.1. The van der Waals surface area contributed by atoms with Gasteiger partial charge in [0.15, 0.2) is 0 Å². The van der Waals surface area contributed by atoms with Crippen LogP contribution in [0.4, 0.5) is 8.78 Å². The predicted octanol–water partition coefficient (Wildman–Crippen LogP) is 3.29. The van der Waals surface area contributed by atoms with E-state index in [1.165, 1.54) is 38.5 Å². The third kappa shape index (κ3) is 2.97. The van der Waals surface area contributed by atoms with Gasteiger partial charge in [-0.2, -0.15) is 0 Å². The Balaban J connectivity index is 2.63. The van der Waals surface area contributed by atoms with Gasteiger partial charge in [-0.3, -0.25) is 0 Å². The van der Waals surface area contributed by atoms with E-state index in [0.29, 0.717) is 22.6 Å². The van der Waals surface area contributed by atoms with Gasteiger partial charge in [0.1, 0.15) is 23.1 Å². The molecule has 0 aliphatic rings. The largest absolute Gasteiger partial charge is 0.496 e. The summed E-state index contributed by atoms with van der Waals surface area (Å²) in [4.78, 5) is 0. The van der Waals surface area contributed by atoms with Crippen molar-refractivity contribution in [2.24, 2.45) is 0 Å². The van der Waals surface area contributed by atoms with Gasteiger partial charge in [-0.25, -0.2) is 8.78 Å². The lowest BCUT2D eigenvalue weighted by atomic mass is 9.96. The maximum atomic E-state index is 14.2. The summed E-state index contributed by atoms with van der Waals surface area (Å²) in [5.74, 6) is 0.0168. The molecule has 0 aromatic heterocycles. The topological polar surface area (TPSA) is 30.5 Å². The van der Waals surface area contributed by atoms with Crippen molar-refractivity contribution in [1.82, 2.24) is 5.32 Å². The van der Waals surface area contributed by atoms with Crippen LogP contribution in [0.2, 0.25) is 0 Å². The molecule has 3 nitrogen and oxygen atoms in total. The van der Waals surface area contributed by atoms with E-state index < -0.39 is 17.7 Å². The molecule has 0 spiro atoms. The molecule has 0 amide bonds. The molecule has 1 N–H and O–H groups in total. The average Bonchev–Trinajstić information content (AvgIpc) is 2.49. The quantitative estimate of drug-likeness (QED) is 0.917. The molecule has 0 aliphatic heterocycles. The summed E-state index contributed by atoms with van der Waals surface area (Å²) in [5.41, 5.74) is 0.815. The number of ether oxygens (including phenoxy) is 2. The molecule has 0 heterocycles. The summed E-state index contributed by atoms with van der Waals surface area (Å²) in [6.45, 7) is 0. The maximum absolute atomic E-state index is 14.2. The van der Waals surface area contributed by atoms with Gasteiger partial charge in [0.05, 0.1) is 25.8 Å². The number of benzene rings is 2. The van der Waals surface area contributed by atoms with Crippen molar-refractivity contribution in [3.05, 3.63) is 59.2 Å². The van der Waals surface area contributed by atoms with Gasteiger partial charge in [0, 0.05) is 5.56 Å². The number of hydrogen-bond acceptors (Lipinski definition) is 3. The Labute approximate surface area is 122 Å². The SMILES string of the molecule is CNC(c1cc(F)ccc1OC)c1c(F)cccc1OC. The van der Waals surface area contributed by atoms with Gasteiger partial charge in [-0.15, -0.1) is 0 Å². The minimum Gasteiger partial charge on any atom is -0.496 e. The highest BCUT2D eigenvalue weighted by Gasteiger charge is 2.24. The van der Waals surface area contributed by atoms with E-state index in [1.54, 1.807) is 19.2 Å². The van der Waals surface area contributed by atoms with E-state index in [1.807, 2.05) is 0 Å². The standard InChI is InChI=1S/C16H17F2NO2/c1-19-16(11-9-10(17)7-8-13(11)20-2)15-12(18)5-4-6-14(15)21-3/h4-9,16,19H,1-3H3. The van der Waals surface area contributed by atoms with Crippen molar-refractivity contribution in [3.63, 3.8) is 0 Å². The smallest absolute Gasteiger partial charge is 0.132 e. The van der Waals surface area contributed by atoms with E-state index in [9.17, 15) is 8.78 Å². The second-order valence-corrected chi connectivity index (χ2v) is 4.46. The first-order valence-electron chi connectivity index (χ1n) is 6.45. The van der Waals surface area contributed by atoms with Crippen molar-refractivity contribution >= 4 is 0 Å². The molecule has 2 aromatic carbocycles. The monoisotopic (exact) mass is 293 g/mol. The summed E-state index contributed by atoms with van der Waals surface area (Å²) in [6.07, 6.45) is 0. The van der Waals surface area contributed by atoms with E-state index in [2.05, 4.69) is 5.32 Å². The summed E-state index contributed by atoms with van der Waals surface area (Å²) in [5, 5.41) is 2.99. The molecule has 5 heteroatoms. The zero-order chi connectivity index (χ0) is 15.4. The second kappa shape index (κ2) is 6.54. The molecule has 1 atom stereocenters. The van der Waals surface area contributed by atoms with Crippen LogP contribution in [-0.4, -0.2) is 21.3 Å². The van der Waals surface area contributed by atoms with Crippen molar-refractivity contribution in [3.8, 4) is 11.5 Å². The molecule has 0 bridgehead atoms. The van der Waals surface area contributed by atoms with Crippen LogP contribution in [0.3, 0.4) is 0 Å². The zero-order valence-electron chi connectivity index (χ0n) is 12.1. The molecule has 0 saturated carbocycles. The summed E-state index contributed by atoms with van der Waals surface area (Å²) < 4.78 is 38.3. The average molecular weight is 293 g/mol. The van der Waals surface area contributed by atoms with Crippen LogP contribution in [0.25, 0.3) is 0 Å². The predicted molar refractivity (Wildman–Crippen MR) is 76.8 cm³/mol. The second-order valence-electron chi connectivity index (χ2n) is 4.46. The minimum atomic E-state index is -0.591. The molecular formula is C16H17F2NO2. The van der Waals surface area contributed by atoms with Crippen molar-refractivity contribution < 1.29 is 18.3 Å². The molecule has 0 radical (unpaired) electrons. The molecule has 1 unspecified atom stereocenters. The molecular weight excluding hydrogens is 276 g/mol. The van der Waals surface area contributed by atoms with E-state index in [4.69, 9.17) is 9.47 Å². The van der Waals surface area contributed by atoms with Crippen LogP contribution in [0, 0.1) is 11.6 Å². The number of nitrogens with one attached hydrogen (secondary N) is 1. The summed E-state index contributed by atoms with van der Waals surface area (Å²) in [6, 6.07) is 8.11. The van der Waals surface area contributed by atoms with E-state index in [-0.39, 0.29) is 0 Å². The first-order valence-corrected chi connectivity index (χ1v) is 6.45. The van der Waals surface area contributed by atoms with Crippen LogP contribution >= 0.6 is 0 Å².